The smallest absolute Gasteiger partial charge is 0.317 e. The highest BCUT2D eigenvalue weighted by molar-refractivity contribution is 5.81. The largest absolute Gasteiger partial charge is 0.335 e. The highest BCUT2D eigenvalue weighted by atomic mass is 16.2. The number of amides is 2. The van der Waals surface area contributed by atoms with Crippen LogP contribution in [0.1, 0.15) is 25.3 Å². The summed E-state index contributed by atoms with van der Waals surface area (Å²) in [4.78, 5) is 21.3. The molecule has 1 saturated carbocycles. The molecule has 1 saturated heterocycles. The van der Waals surface area contributed by atoms with Gasteiger partial charge in [-0.1, -0.05) is 24.3 Å². The number of fused-ring (bicyclic) bond motifs is 1. The second-order valence-electron chi connectivity index (χ2n) is 7.33. The number of para-hydroxylation sites is 1. The molecule has 0 bridgehead atoms. The van der Waals surface area contributed by atoms with Gasteiger partial charge in [0.05, 0.1) is 5.52 Å². The molecule has 2 heterocycles. The van der Waals surface area contributed by atoms with Gasteiger partial charge in [-0.15, -0.1) is 0 Å². The van der Waals surface area contributed by atoms with Gasteiger partial charge in [0.15, 0.2) is 0 Å². The molecule has 1 aliphatic heterocycles. The van der Waals surface area contributed by atoms with Crippen LogP contribution >= 0.6 is 0 Å². The van der Waals surface area contributed by atoms with Gasteiger partial charge in [-0.05, 0) is 37.3 Å². The molecule has 0 unspecified atom stereocenters. The number of urea groups is 1. The molecule has 2 aliphatic rings. The number of pyridine rings is 1. The normalized spacial score (nSPS) is 19.8. The summed E-state index contributed by atoms with van der Waals surface area (Å²) in [7, 11) is 0. The first-order chi connectivity index (χ1) is 12.2. The van der Waals surface area contributed by atoms with Crippen LogP contribution in [0.25, 0.3) is 10.9 Å². The lowest BCUT2D eigenvalue weighted by Crippen LogP contribution is -2.53. The second kappa shape index (κ2) is 7.00. The summed E-state index contributed by atoms with van der Waals surface area (Å²) in [6.45, 7) is 6.42. The zero-order valence-electron chi connectivity index (χ0n) is 14.8. The Morgan fingerprint density at radius 1 is 1.20 bits per heavy atom. The van der Waals surface area contributed by atoms with Crippen molar-refractivity contribution in [1.82, 2.24) is 20.1 Å². The molecule has 0 spiro atoms. The number of hydrogen-bond donors (Lipinski definition) is 1. The van der Waals surface area contributed by atoms with E-state index in [1.165, 1.54) is 23.8 Å². The van der Waals surface area contributed by atoms with E-state index in [4.69, 9.17) is 0 Å². The van der Waals surface area contributed by atoms with Crippen LogP contribution in [0.4, 0.5) is 4.79 Å². The molecule has 2 fully saturated rings. The van der Waals surface area contributed by atoms with Gasteiger partial charge in [0.2, 0.25) is 0 Å². The number of hydrogen-bond acceptors (Lipinski definition) is 3. The van der Waals surface area contributed by atoms with Crippen molar-refractivity contribution in [3.05, 3.63) is 42.1 Å². The van der Waals surface area contributed by atoms with E-state index >= 15 is 0 Å². The van der Waals surface area contributed by atoms with E-state index in [1.54, 1.807) is 0 Å². The van der Waals surface area contributed by atoms with E-state index < -0.39 is 0 Å². The van der Waals surface area contributed by atoms with E-state index in [1.807, 2.05) is 17.2 Å². The van der Waals surface area contributed by atoms with Crippen molar-refractivity contribution < 1.29 is 4.79 Å². The van der Waals surface area contributed by atoms with Crippen molar-refractivity contribution >= 4 is 16.9 Å². The minimum absolute atomic E-state index is 0.103. The second-order valence-corrected chi connectivity index (χ2v) is 7.33. The number of nitrogens with one attached hydrogen (secondary N) is 1. The molecule has 1 N–H and O–H groups in total. The Labute approximate surface area is 149 Å². The minimum Gasteiger partial charge on any atom is -0.335 e. The number of piperazine rings is 1. The molecule has 1 aliphatic carbocycles. The third kappa shape index (κ3) is 3.76. The number of carbonyl (C=O) groups excluding carboxylic acids is 1. The van der Waals surface area contributed by atoms with Gasteiger partial charge in [-0.3, -0.25) is 9.88 Å². The van der Waals surface area contributed by atoms with E-state index in [-0.39, 0.29) is 6.03 Å². The van der Waals surface area contributed by atoms with Gasteiger partial charge < -0.3 is 10.2 Å². The standard InChI is InChI=1S/C20H26N4O/c1-15(16-7-8-16)22-20(25)24-12-10-23(11-13-24)14-18-5-2-4-17-6-3-9-21-19(17)18/h2-6,9,15-16H,7-8,10-14H2,1H3,(H,22,25)/t15-/m0/s1. The molecule has 2 amide bonds. The van der Waals surface area contributed by atoms with Crippen LogP contribution in [0.3, 0.4) is 0 Å². The molecule has 1 aromatic heterocycles. The van der Waals surface area contributed by atoms with E-state index in [2.05, 4.69) is 46.4 Å². The summed E-state index contributed by atoms with van der Waals surface area (Å²) in [5.41, 5.74) is 2.35. The van der Waals surface area contributed by atoms with Crippen LogP contribution < -0.4 is 5.32 Å². The fraction of sp³-hybridized carbons (Fsp3) is 0.500. The van der Waals surface area contributed by atoms with Crippen molar-refractivity contribution in [1.29, 1.82) is 0 Å². The van der Waals surface area contributed by atoms with Crippen LogP contribution in [0.2, 0.25) is 0 Å². The quantitative estimate of drug-likeness (QED) is 0.932. The molecule has 1 atom stereocenters. The van der Waals surface area contributed by atoms with Crippen LogP contribution in [0, 0.1) is 5.92 Å². The van der Waals surface area contributed by atoms with Crippen molar-refractivity contribution in [3.8, 4) is 0 Å². The molecule has 1 aromatic carbocycles. The SMILES string of the molecule is C[C@H](NC(=O)N1CCN(Cc2cccc3cccnc23)CC1)C1CC1. The Morgan fingerprint density at radius 2 is 1.96 bits per heavy atom. The van der Waals surface area contributed by atoms with Gasteiger partial charge in [-0.25, -0.2) is 4.79 Å². The average Bonchev–Trinajstić information content (AvgIpc) is 3.48. The van der Waals surface area contributed by atoms with E-state index in [0.717, 1.165) is 38.2 Å². The monoisotopic (exact) mass is 338 g/mol. The predicted octanol–water partition coefficient (Wildman–Crippen LogP) is 2.86. The summed E-state index contributed by atoms with van der Waals surface area (Å²) in [6, 6.07) is 10.9. The van der Waals surface area contributed by atoms with Crippen molar-refractivity contribution in [3.63, 3.8) is 0 Å². The lowest BCUT2D eigenvalue weighted by atomic mass is 10.1. The van der Waals surface area contributed by atoms with Gasteiger partial charge in [0.25, 0.3) is 0 Å². The Balaban J connectivity index is 1.33. The summed E-state index contributed by atoms with van der Waals surface area (Å²) in [5, 5.41) is 4.35. The zero-order valence-corrected chi connectivity index (χ0v) is 14.8. The highest BCUT2D eigenvalue weighted by Gasteiger charge is 2.30. The molecule has 2 aromatic rings. The van der Waals surface area contributed by atoms with Crippen molar-refractivity contribution in [2.45, 2.75) is 32.4 Å². The Morgan fingerprint density at radius 3 is 2.72 bits per heavy atom. The van der Waals surface area contributed by atoms with Crippen LogP contribution in [-0.2, 0) is 6.54 Å². The van der Waals surface area contributed by atoms with E-state index in [9.17, 15) is 4.79 Å². The topological polar surface area (TPSA) is 48.5 Å². The number of aromatic nitrogens is 1. The summed E-state index contributed by atoms with van der Waals surface area (Å²) in [6.07, 6.45) is 4.37. The minimum atomic E-state index is 0.103. The maximum atomic E-state index is 12.4. The van der Waals surface area contributed by atoms with Crippen LogP contribution in [0.5, 0.6) is 0 Å². The van der Waals surface area contributed by atoms with E-state index in [0.29, 0.717) is 12.0 Å². The molecule has 132 valence electrons. The number of nitrogens with zero attached hydrogens (tertiary/aromatic N) is 3. The lowest BCUT2D eigenvalue weighted by molar-refractivity contribution is 0.133. The van der Waals surface area contributed by atoms with Crippen molar-refractivity contribution in [2.75, 3.05) is 26.2 Å². The fourth-order valence-corrected chi connectivity index (χ4v) is 3.65. The Bertz CT molecular complexity index is 745. The summed E-state index contributed by atoms with van der Waals surface area (Å²) >= 11 is 0. The average molecular weight is 338 g/mol. The first kappa shape index (κ1) is 16.3. The van der Waals surface area contributed by atoms with Crippen LogP contribution in [-0.4, -0.2) is 53.0 Å². The third-order valence-electron chi connectivity index (χ3n) is 5.45. The summed E-state index contributed by atoms with van der Waals surface area (Å²) in [5.74, 6) is 0.698. The Kier molecular flexibility index (Phi) is 4.57. The molecule has 5 nitrogen and oxygen atoms in total. The Hall–Kier alpha value is -2.14. The van der Waals surface area contributed by atoms with Crippen LogP contribution in [0.15, 0.2) is 36.5 Å². The first-order valence-corrected chi connectivity index (χ1v) is 9.31. The van der Waals surface area contributed by atoms with Gasteiger partial charge in [0.1, 0.15) is 0 Å². The van der Waals surface area contributed by atoms with Gasteiger partial charge in [-0.2, -0.15) is 0 Å². The number of benzene rings is 1. The first-order valence-electron chi connectivity index (χ1n) is 9.31. The predicted molar refractivity (Wildman–Crippen MR) is 99.3 cm³/mol. The van der Waals surface area contributed by atoms with Crippen molar-refractivity contribution in [2.24, 2.45) is 5.92 Å². The molecule has 5 heteroatoms. The number of rotatable bonds is 4. The van der Waals surface area contributed by atoms with Gasteiger partial charge >= 0.3 is 6.03 Å². The molecule has 25 heavy (non-hydrogen) atoms. The molecule has 4 rings (SSSR count). The molecular weight excluding hydrogens is 312 g/mol. The number of carbonyl (C=O) groups is 1. The third-order valence-corrected chi connectivity index (χ3v) is 5.45. The zero-order chi connectivity index (χ0) is 17.2. The maximum Gasteiger partial charge on any atom is 0.317 e. The fourth-order valence-electron chi connectivity index (χ4n) is 3.65. The molecular formula is C20H26N4O. The highest BCUT2D eigenvalue weighted by Crippen LogP contribution is 2.32. The molecule has 0 radical (unpaired) electrons. The summed E-state index contributed by atoms with van der Waals surface area (Å²) < 4.78 is 0. The maximum absolute atomic E-state index is 12.4. The van der Waals surface area contributed by atoms with Gasteiger partial charge in [0, 0.05) is 50.3 Å². The lowest BCUT2D eigenvalue weighted by Gasteiger charge is -2.35.